The lowest BCUT2D eigenvalue weighted by molar-refractivity contribution is -0.159. The number of carbonyl (C=O) groups excluding carboxylic acids is 4. The minimum atomic E-state index is -1.24. The number of hydrogen-bond donors (Lipinski definition) is 4. The van der Waals surface area contributed by atoms with Crippen LogP contribution < -0.4 is 5.73 Å². The molecule has 4 heterocycles. The Labute approximate surface area is 379 Å². The first-order valence-electron chi connectivity index (χ1n) is 22.0. The van der Waals surface area contributed by atoms with Gasteiger partial charge in [0.2, 0.25) is 12.3 Å². The summed E-state index contributed by atoms with van der Waals surface area (Å²) < 4.78 is 39.9. The number of hydrogen-bond acceptors (Lipinski definition) is 17. The second kappa shape index (κ2) is 24.9. The van der Waals surface area contributed by atoms with Crippen LogP contribution in [0.4, 0.5) is 4.79 Å². The van der Waals surface area contributed by atoms with Gasteiger partial charge in [0.15, 0.2) is 0 Å². The Balaban J connectivity index is 1.57. The van der Waals surface area contributed by atoms with E-state index in [1.54, 1.807) is 53.3 Å². The molecule has 19 nitrogen and oxygen atoms in total. The molecule has 0 aliphatic carbocycles. The van der Waals surface area contributed by atoms with Crippen molar-refractivity contribution in [2.24, 2.45) is 41.2 Å². The van der Waals surface area contributed by atoms with Gasteiger partial charge >= 0.3 is 12.1 Å². The van der Waals surface area contributed by atoms with E-state index in [1.807, 2.05) is 26.8 Å². The Bertz CT molecular complexity index is 2030. The number of primary amides is 1. The number of fused-ring (bicyclic) bond motifs is 8. The van der Waals surface area contributed by atoms with E-state index in [0.717, 1.165) is 0 Å². The number of ether oxygens (including phenoxy) is 4. The number of aliphatic hydroxyl groups excluding tert-OH is 3. The van der Waals surface area contributed by atoms with Gasteiger partial charge in [-0.25, -0.2) is 19.7 Å². The summed E-state index contributed by atoms with van der Waals surface area (Å²) in [7, 11) is 4.70. The predicted molar refractivity (Wildman–Crippen MR) is 235 cm³/mol. The van der Waals surface area contributed by atoms with E-state index in [2.05, 4.69) is 15.0 Å². The highest BCUT2D eigenvalue weighted by Gasteiger charge is 2.35. The third kappa shape index (κ3) is 15.2. The molecule has 3 aromatic heterocycles. The lowest BCUT2D eigenvalue weighted by Crippen LogP contribution is -2.39. The number of esters is 1. The number of ketones is 1. The smallest absolute Gasteiger partial charge is 0.404 e. The maximum absolute atomic E-state index is 13.8. The van der Waals surface area contributed by atoms with E-state index in [4.69, 9.17) is 37.9 Å². The van der Waals surface area contributed by atoms with Crippen molar-refractivity contribution in [1.82, 2.24) is 19.9 Å². The molecule has 4 rings (SSSR count). The fraction of sp³-hybridized carbons (Fsp3) is 0.630. The topological polar surface area (TPSA) is 273 Å². The zero-order chi connectivity index (χ0) is 48.0. The van der Waals surface area contributed by atoms with Crippen LogP contribution in [0.5, 0.6) is 0 Å². The molecule has 19 heteroatoms. The van der Waals surface area contributed by atoms with Crippen molar-refractivity contribution in [2.75, 3.05) is 21.3 Å². The van der Waals surface area contributed by atoms with Crippen LogP contribution in [0.25, 0.3) is 29.2 Å². The van der Waals surface area contributed by atoms with Gasteiger partial charge in [0.1, 0.15) is 60.0 Å². The zero-order valence-corrected chi connectivity index (χ0v) is 38.8. The monoisotopic (exact) mass is 913 g/mol. The number of rotatable bonds is 15. The zero-order valence-electron chi connectivity index (χ0n) is 38.8. The molecule has 2 amide bonds. The SMILES string of the molecule is CO[C@H]([C@H](C)/C=C/N(C)C=O)[C@@H](C)C(=O)CC[C@H](C)[C@H](C[C@@H]1OC(=O)C[C@@H](OC(N)=O)C[C@H](C)C[C@H](O)[C@H](C)[C@@H](O)c2coc(n2)-c2nc(co2)-c2coc(n2)/C=C/C[C@H](O)[C@H]1C)OC. The van der Waals surface area contributed by atoms with E-state index in [1.165, 1.54) is 30.8 Å². The molecular weight excluding hydrogens is 847 g/mol. The van der Waals surface area contributed by atoms with Gasteiger partial charge in [-0.1, -0.05) is 53.7 Å². The molecule has 3 aromatic rings. The summed E-state index contributed by atoms with van der Waals surface area (Å²) in [6.45, 7) is 10.9. The lowest BCUT2D eigenvalue weighted by Gasteiger charge is -2.33. The molecular formula is C46H67N5O14. The molecule has 1 aliphatic heterocycles. The highest BCUT2D eigenvalue weighted by Crippen LogP contribution is 2.33. The van der Waals surface area contributed by atoms with Crippen LogP contribution in [-0.2, 0) is 33.3 Å². The van der Waals surface area contributed by atoms with Crippen LogP contribution >= 0.6 is 0 Å². The van der Waals surface area contributed by atoms with Crippen molar-refractivity contribution >= 4 is 30.3 Å². The van der Waals surface area contributed by atoms with Gasteiger partial charge in [-0.2, -0.15) is 0 Å². The molecule has 0 aromatic carbocycles. The molecule has 0 radical (unpaired) electrons. The average Bonchev–Trinajstić information content (AvgIpc) is 4.07. The van der Waals surface area contributed by atoms with Crippen molar-refractivity contribution in [1.29, 1.82) is 0 Å². The minimum absolute atomic E-state index is 0.00202. The summed E-state index contributed by atoms with van der Waals surface area (Å²) in [5.41, 5.74) is 6.25. The number of amides is 2. The number of carbonyl (C=O) groups is 4. The summed E-state index contributed by atoms with van der Waals surface area (Å²) in [6.07, 6.45) is 4.90. The standard InChI is InChI=1S/C46H67N5O14/c1-25-17-31(64-46(47)58)19-41(56)65-39(20-38(59-8)26(2)13-14-36(54)30(6)43(60-9)27(3)15-16-51(7)24-52)28(4)35(53)11-10-12-40-48-32(21-61-40)33-22-62-44(49-33)45-50-34(23-63-45)42(57)29(5)37(55)18-25/h10,12,15-16,21-31,35,37-39,42-43,53,55,57H,11,13-14,17-20H2,1-9H3,(H2,47,58)/b12-10+,16-15+/t25-,26-,27+,28+,29-,30-,31-,35-,37-,38-,39-,42+,43+/m0/s1. The summed E-state index contributed by atoms with van der Waals surface area (Å²) in [5.74, 6) is -3.01. The number of aliphatic hydroxyl groups is 3. The Morgan fingerprint density at radius 3 is 2.29 bits per heavy atom. The molecule has 0 spiro atoms. The summed E-state index contributed by atoms with van der Waals surface area (Å²) in [5, 5.41) is 33.9. The first kappa shape index (κ1) is 52.4. The van der Waals surface area contributed by atoms with Crippen LogP contribution in [-0.4, -0.2) is 117 Å². The number of aromatic nitrogens is 3. The quantitative estimate of drug-likeness (QED) is 0.102. The van der Waals surface area contributed by atoms with Crippen molar-refractivity contribution in [3.8, 4) is 23.2 Å². The van der Waals surface area contributed by atoms with Crippen LogP contribution in [0.3, 0.4) is 0 Å². The molecule has 1 aliphatic rings. The third-order valence-corrected chi connectivity index (χ3v) is 12.3. The Kier molecular flexibility index (Phi) is 20.1. The Morgan fingerprint density at radius 2 is 1.62 bits per heavy atom. The van der Waals surface area contributed by atoms with Crippen molar-refractivity contribution < 1.29 is 66.7 Å². The molecule has 360 valence electrons. The Morgan fingerprint density at radius 1 is 0.938 bits per heavy atom. The predicted octanol–water partition coefficient (Wildman–Crippen LogP) is 5.89. The maximum atomic E-state index is 13.8. The largest absolute Gasteiger partial charge is 0.462 e. The van der Waals surface area contributed by atoms with Crippen LogP contribution in [0.15, 0.2) is 50.4 Å². The summed E-state index contributed by atoms with van der Waals surface area (Å²) >= 11 is 0. The van der Waals surface area contributed by atoms with Gasteiger partial charge in [-0.3, -0.25) is 14.4 Å². The lowest BCUT2D eigenvalue weighted by atomic mass is 9.84. The van der Waals surface area contributed by atoms with Crippen LogP contribution in [0.2, 0.25) is 0 Å². The van der Waals surface area contributed by atoms with E-state index in [-0.39, 0.29) is 85.4 Å². The molecule has 0 saturated carbocycles. The molecule has 65 heavy (non-hydrogen) atoms. The number of nitrogens with zero attached hydrogens (tertiary/aromatic N) is 4. The highest BCUT2D eigenvalue weighted by atomic mass is 16.6. The average molecular weight is 914 g/mol. The van der Waals surface area contributed by atoms with Gasteiger partial charge in [-0.05, 0) is 43.6 Å². The fourth-order valence-corrected chi connectivity index (χ4v) is 8.07. The molecule has 0 saturated heterocycles. The summed E-state index contributed by atoms with van der Waals surface area (Å²) in [4.78, 5) is 64.9. The fourth-order valence-electron chi connectivity index (χ4n) is 8.07. The van der Waals surface area contributed by atoms with Crippen LogP contribution in [0.1, 0.15) is 104 Å². The molecule has 13 atom stereocenters. The van der Waals surface area contributed by atoms with E-state index in [9.17, 15) is 34.5 Å². The number of cyclic esters (lactones) is 1. The second-order valence-electron chi connectivity index (χ2n) is 17.4. The first-order valence-corrected chi connectivity index (χ1v) is 22.0. The molecule has 0 unspecified atom stereocenters. The molecule has 0 fully saturated rings. The minimum Gasteiger partial charge on any atom is -0.462 e. The van der Waals surface area contributed by atoms with Crippen molar-refractivity contribution in [2.45, 2.75) is 129 Å². The van der Waals surface area contributed by atoms with Crippen LogP contribution in [0, 0.1) is 35.5 Å². The second-order valence-corrected chi connectivity index (χ2v) is 17.4. The maximum Gasteiger partial charge on any atom is 0.404 e. The van der Waals surface area contributed by atoms with Gasteiger partial charge in [0.05, 0.1) is 30.8 Å². The van der Waals surface area contributed by atoms with Gasteiger partial charge in [0.25, 0.3) is 11.8 Å². The first-order chi connectivity index (χ1) is 30.8. The highest BCUT2D eigenvalue weighted by molar-refractivity contribution is 5.81. The number of Topliss-reactive ketones (excluding diaryl/α,β-unsaturated/α-hetero) is 1. The molecule has 5 N–H and O–H groups in total. The number of methoxy groups -OCH3 is 2. The van der Waals surface area contributed by atoms with Gasteiger partial charge < -0.3 is 58.2 Å². The normalized spacial score (nSPS) is 26.7. The third-order valence-electron chi connectivity index (χ3n) is 12.3. The number of nitrogens with two attached hydrogens (primary N) is 1. The van der Waals surface area contributed by atoms with E-state index in [0.29, 0.717) is 24.2 Å². The van der Waals surface area contributed by atoms with Gasteiger partial charge in [-0.15, -0.1) is 0 Å². The van der Waals surface area contributed by atoms with E-state index >= 15 is 0 Å². The van der Waals surface area contributed by atoms with Crippen molar-refractivity contribution in [3.05, 3.63) is 48.7 Å². The van der Waals surface area contributed by atoms with E-state index < -0.39 is 72.5 Å². The Hall–Kier alpha value is -5.21. The molecule has 6 bridgehead atoms. The number of oxazole rings is 3. The van der Waals surface area contributed by atoms with Gasteiger partial charge in [0, 0.05) is 64.0 Å². The summed E-state index contributed by atoms with van der Waals surface area (Å²) in [6, 6.07) is 0. The van der Waals surface area contributed by atoms with Crippen molar-refractivity contribution in [3.63, 3.8) is 0 Å².